The van der Waals surface area contributed by atoms with Gasteiger partial charge in [0.2, 0.25) is 0 Å². The molecule has 6 heteroatoms. The van der Waals surface area contributed by atoms with Crippen LogP contribution in [0.5, 0.6) is 5.75 Å². The van der Waals surface area contributed by atoms with Gasteiger partial charge in [0.15, 0.2) is 0 Å². The zero-order valence-corrected chi connectivity index (χ0v) is 15.1. The molecule has 5 nitrogen and oxygen atoms in total. The fourth-order valence-electron chi connectivity index (χ4n) is 3.69. The standard InChI is InChI=1S/C19H26FN3O2/c1-13-19(14(2)22(3)21-13)18-5-4-10-23(18)11-16(24)12-25-17-8-6-15(20)7-9-17/h6-9,16,18,24H,4-5,10-12H2,1-3H3/t16-,18-/m1/s1. The Kier molecular flexibility index (Phi) is 5.39. The number of aliphatic hydroxyl groups excluding tert-OH is 1. The van der Waals surface area contributed by atoms with Crippen LogP contribution in [0, 0.1) is 19.7 Å². The summed E-state index contributed by atoms with van der Waals surface area (Å²) in [6.45, 7) is 5.86. The second-order valence-corrected chi connectivity index (χ2v) is 6.78. The molecular weight excluding hydrogens is 321 g/mol. The topological polar surface area (TPSA) is 50.5 Å². The lowest BCUT2D eigenvalue weighted by Gasteiger charge is -2.27. The molecule has 1 aliphatic rings. The molecule has 1 aromatic carbocycles. The van der Waals surface area contributed by atoms with Gasteiger partial charge in [-0.05, 0) is 57.5 Å². The average molecular weight is 347 g/mol. The molecule has 25 heavy (non-hydrogen) atoms. The summed E-state index contributed by atoms with van der Waals surface area (Å²) >= 11 is 0. The van der Waals surface area contributed by atoms with Crippen LogP contribution in [0.3, 0.4) is 0 Å². The largest absolute Gasteiger partial charge is 0.491 e. The zero-order valence-electron chi connectivity index (χ0n) is 15.1. The highest BCUT2D eigenvalue weighted by molar-refractivity contribution is 5.29. The highest BCUT2D eigenvalue weighted by Crippen LogP contribution is 2.35. The minimum absolute atomic E-state index is 0.194. The minimum atomic E-state index is -0.595. The van der Waals surface area contributed by atoms with Crippen molar-refractivity contribution in [2.45, 2.75) is 38.8 Å². The lowest BCUT2D eigenvalue weighted by Crippen LogP contribution is -2.35. The van der Waals surface area contributed by atoms with Crippen molar-refractivity contribution in [3.05, 3.63) is 47.0 Å². The highest BCUT2D eigenvalue weighted by atomic mass is 19.1. The van der Waals surface area contributed by atoms with Gasteiger partial charge in [-0.3, -0.25) is 9.58 Å². The number of aryl methyl sites for hydroxylation is 2. The number of benzene rings is 1. The normalized spacial score (nSPS) is 19.3. The van der Waals surface area contributed by atoms with Gasteiger partial charge in [-0.1, -0.05) is 0 Å². The van der Waals surface area contributed by atoms with Crippen LogP contribution >= 0.6 is 0 Å². The van der Waals surface area contributed by atoms with Gasteiger partial charge >= 0.3 is 0 Å². The van der Waals surface area contributed by atoms with E-state index in [1.807, 2.05) is 18.7 Å². The van der Waals surface area contributed by atoms with Gasteiger partial charge in [0.25, 0.3) is 0 Å². The van der Waals surface area contributed by atoms with Gasteiger partial charge in [-0.2, -0.15) is 5.10 Å². The molecule has 0 unspecified atom stereocenters. The van der Waals surface area contributed by atoms with Crippen molar-refractivity contribution < 1.29 is 14.2 Å². The number of nitrogens with zero attached hydrogens (tertiary/aromatic N) is 3. The number of β-amino-alcohol motifs (C(OH)–C–C–N with tert-alkyl or cyclic N) is 1. The third kappa shape index (κ3) is 4.02. The molecule has 1 saturated heterocycles. The van der Waals surface area contributed by atoms with Crippen LogP contribution in [0.15, 0.2) is 24.3 Å². The third-order valence-electron chi connectivity index (χ3n) is 4.96. The van der Waals surface area contributed by atoms with Crippen LogP contribution in [-0.2, 0) is 7.05 Å². The van der Waals surface area contributed by atoms with E-state index in [0.717, 1.165) is 25.1 Å². The molecule has 0 spiro atoms. The Morgan fingerprint density at radius 2 is 2.04 bits per heavy atom. The molecular formula is C19H26FN3O2. The van der Waals surface area contributed by atoms with Crippen molar-refractivity contribution in [2.75, 3.05) is 19.7 Å². The van der Waals surface area contributed by atoms with Crippen molar-refractivity contribution in [2.24, 2.45) is 7.05 Å². The summed E-state index contributed by atoms with van der Waals surface area (Å²) < 4.78 is 20.4. The van der Waals surface area contributed by atoms with Crippen LogP contribution in [-0.4, -0.2) is 45.6 Å². The molecule has 0 bridgehead atoms. The number of hydrogen-bond acceptors (Lipinski definition) is 4. The number of rotatable bonds is 6. The van der Waals surface area contributed by atoms with Crippen LogP contribution in [0.4, 0.5) is 4.39 Å². The molecule has 1 aromatic heterocycles. The predicted molar refractivity (Wildman–Crippen MR) is 94.1 cm³/mol. The molecule has 2 heterocycles. The van der Waals surface area contributed by atoms with E-state index < -0.39 is 6.10 Å². The predicted octanol–water partition coefficient (Wildman–Crippen LogP) is 2.75. The molecule has 2 aromatic rings. The molecule has 0 saturated carbocycles. The van der Waals surface area contributed by atoms with Crippen molar-refractivity contribution >= 4 is 0 Å². The van der Waals surface area contributed by atoms with Crippen molar-refractivity contribution in [1.29, 1.82) is 0 Å². The molecule has 3 rings (SSSR count). The Morgan fingerprint density at radius 3 is 2.68 bits per heavy atom. The number of likely N-dealkylation sites (tertiary alicyclic amines) is 1. The Balaban J connectivity index is 1.60. The fourth-order valence-corrected chi connectivity index (χ4v) is 3.69. The van der Waals surface area contributed by atoms with E-state index in [1.165, 1.54) is 23.4 Å². The lowest BCUT2D eigenvalue weighted by atomic mass is 10.0. The van der Waals surface area contributed by atoms with E-state index in [0.29, 0.717) is 18.3 Å². The molecule has 136 valence electrons. The SMILES string of the molecule is Cc1nn(C)c(C)c1[C@H]1CCCN1C[C@@H](O)COc1ccc(F)cc1. The van der Waals surface area contributed by atoms with Crippen LogP contribution < -0.4 is 4.74 Å². The number of ether oxygens (including phenoxy) is 1. The van der Waals surface area contributed by atoms with Crippen molar-refractivity contribution in [3.63, 3.8) is 0 Å². The number of aromatic nitrogens is 2. The average Bonchev–Trinajstić information content (AvgIpc) is 3.11. The first-order valence-electron chi connectivity index (χ1n) is 8.76. The van der Waals surface area contributed by atoms with Crippen LogP contribution in [0.2, 0.25) is 0 Å². The lowest BCUT2D eigenvalue weighted by molar-refractivity contribution is 0.0636. The first-order valence-corrected chi connectivity index (χ1v) is 8.76. The van der Waals surface area contributed by atoms with Gasteiger partial charge in [0, 0.05) is 30.9 Å². The van der Waals surface area contributed by atoms with Crippen molar-refractivity contribution in [3.8, 4) is 5.75 Å². The summed E-state index contributed by atoms with van der Waals surface area (Å²) in [5.41, 5.74) is 3.53. The Bertz CT molecular complexity index is 714. The fraction of sp³-hybridized carbons (Fsp3) is 0.526. The summed E-state index contributed by atoms with van der Waals surface area (Å²) in [5, 5.41) is 14.9. The maximum absolute atomic E-state index is 12.9. The maximum Gasteiger partial charge on any atom is 0.123 e. The number of hydrogen-bond donors (Lipinski definition) is 1. The molecule has 1 aliphatic heterocycles. The van der Waals surface area contributed by atoms with Crippen molar-refractivity contribution in [1.82, 2.24) is 14.7 Å². The van der Waals surface area contributed by atoms with Gasteiger partial charge in [-0.15, -0.1) is 0 Å². The smallest absolute Gasteiger partial charge is 0.123 e. The first-order chi connectivity index (χ1) is 12.0. The Labute approximate surface area is 148 Å². The Hall–Kier alpha value is -1.92. The molecule has 2 atom stereocenters. The van der Waals surface area contributed by atoms with E-state index >= 15 is 0 Å². The quantitative estimate of drug-likeness (QED) is 0.873. The van der Waals surface area contributed by atoms with Gasteiger partial charge in [0.1, 0.15) is 24.3 Å². The van der Waals surface area contributed by atoms with E-state index in [9.17, 15) is 9.50 Å². The summed E-state index contributed by atoms with van der Waals surface area (Å²) in [5.74, 6) is 0.271. The second-order valence-electron chi connectivity index (χ2n) is 6.78. The van der Waals surface area contributed by atoms with Crippen LogP contribution in [0.25, 0.3) is 0 Å². The van der Waals surface area contributed by atoms with Crippen LogP contribution in [0.1, 0.15) is 35.8 Å². The molecule has 0 radical (unpaired) electrons. The molecule has 0 aliphatic carbocycles. The number of halogens is 1. The highest BCUT2D eigenvalue weighted by Gasteiger charge is 2.31. The second kappa shape index (κ2) is 7.54. The van der Waals surface area contributed by atoms with Gasteiger partial charge in [-0.25, -0.2) is 4.39 Å². The third-order valence-corrected chi connectivity index (χ3v) is 4.96. The monoisotopic (exact) mass is 347 g/mol. The summed E-state index contributed by atoms with van der Waals surface area (Å²) in [7, 11) is 1.97. The molecule has 1 fully saturated rings. The summed E-state index contributed by atoms with van der Waals surface area (Å²) in [4.78, 5) is 2.32. The minimum Gasteiger partial charge on any atom is -0.491 e. The Morgan fingerprint density at radius 1 is 1.32 bits per heavy atom. The zero-order chi connectivity index (χ0) is 18.0. The van der Waals surface area contributed by atoms with E-state index in [-0.39, 0.29) is 12.4 Å². The molecule has 0 amide bonds. The number of aliphatic hydroxyl groups is 1. The summed E-state index contributed by atoms with van der Waals surface area (Å²) in [6, 6.07) is 6.15. The van der Waals surface area contributed by atoms with E-state index in [1.54, 1.807) is 12.1 Å². The van der Waals surface area contributed by atoms with Gasteiger partial charge < -0.3 is 9.84 Å². The first kappa shape index (κ1) is 17.9. The van der Waals surface area contributed by atoms with Gasteiger partial charge in [0.05, 0.1) is 5.69 Å². The van der Waals surface area contributed by atoms with E-state index in [4.69, 9.17) is 4.74 Å². The van der Waals surface area contributed by atoms with E-state index in [2.05, 4.69) is 16.9 Å². The summed E-state index contributed by atoms with van der Waals surface area (Å²) in [6.07, 6.45) is 1.60. The maximum atomic E-state index is 12.9. The molecule has 1 N–H and O–H groups in total.